The van der Waals surface area contributed by atoms with Gasteiger partial charge in [0.1, 0.15) is 0 Å². The highest BCUT2D eigenvalue weighted by atomic mass is 32.1. The van der Waals surface area contributed by atoms with E-state index in [1.54, 1.807) is 11.3 Å². The zero-order valence-corrected chi connectivity index (χ0v) is 16.8. The number of amides is 1. The van der Waals surface area contributed by atoms with Gasteiger partial charge in [0.2, 0.25) is 0 Å². The Bertz CT molecular complexity index is 894. The van der Waals surface area contributed by atoms with Crippen molar-refractivity contribution in [2.45, 2.75) is 19.4 Å². The molecule has 1 fully saturated rings. The maximum absolute atomic E-state index is 12.7. The molecule has 0 atom stereocenters. The van der Waals surface area contributed by atoms with Crippen LogP contribution in [0.5, 0.6) is 0 Å². The molecule has 2 aromatic carbocycles. The zero-order chi connectivity index (χ0) is 19.2. The Hall–Kier alpha value is -2.50. The van der Waals surface area contributed by atoms with E-state index in [1.807, 2.05) is 41.3 Å². The van der Waals surface area contributed by atoms with Gasteiger partial charge in [0, 0.05) is 50.1 Å². The van der Waals surface area contributed by atoms with Gasteiger partial charge in [-0.15, -0.1) is 11.3 Å². The zero-order valence-electron chi connectivity index (χ0n) is 16.0. The lowest BCUT2D eigenvalue weighted by atomic mass is 10.2. The van der Waals surface area contributed by atoms with Crippen LogP contribution in [0.15, 0.2) is 66.0 Å². The van der Waals surface area contributed by atoms with Crippen molar-refractivity contribution in [3.63, 3.8) is 0 Å². The molecular formula is C23H25N3OS. The number of hydrogen-bond donors (Lipinski definition) is 0. The average molecular weight is 392 g/mol. The summed E-state index contributed by atoms with van der Waals surface area (Å²) in [5, 5.41) is 3.34. The van der Waals surface area contributed by atoms with Crippen LogP contribution >= 0.6 is 11.3 Å². The summed E-state index contributed by atoms with van der Waals surface area (Å²) in [5.74, 6) is 0.140. The lowest BCUT2D eigenvalue weighted by Crippen LogP contribution is -2.35. The molecule has 0 saturated carbocycles. The number of carbonyl (C=O) groups is 1. The summed E-state index contributed by atoms with van der Waals surface area (Å²) < 4.78 is 0. The molecule has 0 bridgehead atoms. The van der Waals surface area contributed by atoms with Gasteiger partial charge in [-0.2, -0.15) is 0 Å². The van der Waals surface area contributed by atoms with Crippen LogP contribution in [-0.4, -0.2) is 46.9 Å². The molecule has 1 aliphatic heterocycles. The molecule has 4 nitrogen and oxygen atoms in total. The minimum atomic E-state index is 0.140. The highest BCUT2D eigenvalue weighted by molar-refractivity contribution is 7.09. The second-order valence-electron chi connectivity index (χ2n) is 7.18. The number of nitrogens with zero attached hydrogens (tertiary/aromatic N) is 3. The van der Waals surface area contributed by atoms with Crippen molar-refractivity contribution < 1.29 is 4.79 Å². The third kappa shape index (κ3) is 4.86. The van der Waals surface area contributed by atoms with E-state index in [2.05, 4.69) is 34.5 Å². The van der Waals surface area contributed by atoms with E-state index in [0.717, 1.165) is 61.8 Å². The summed E-state index contributed by atoms with van der Waals surface area (Å²) >= 11 is 1.74. The van der Waals surface area contributed by atoms with E-state index in [-0.39, 0.29) is 5.91 Å². The topological polar surface area (TPSA) is 36.4 Å². The molecular weight excluding hydrogens is 366 g/mol. The highest BCUT2D eigenvalue weighted by Crippen LogP contribution is 2.17. The Morgan fingerprint density at radius 1 is 0.929 bits per heavy atom. The Balaban J connectivity index is 1.32. The molecule has 0 unspecified atom stereocenters. The first-order valence-corrected chi connectivity index (χ1v) is 10.7. The van der Waals surface area contributed by atoms with Gasteiger partial charge in [-0.25, -0.2) is 4.98 Å². The maximum Gasteiger partial charge on any atom is 0.253 e. The van der Waals surface area contributed by atoms with E-state index in [0.29, 0.717) is 0 Å². The minimum absolute atomic E-state index is 0.140. The predicted octanol–water partition coefficient (Wildman–Crippen LogP) is 4.08. The Morgan fingerprint density at radius 2 is 1.68 bits per heavy atom. The van der Waals surface area contributed by atoms with Gasteiger partial charge >= 0.3 is 0 Å². The lowest BCUT2D eigenvalue weighted by molar-refractivity contribution is 0.0761. The van der Waals surface area contributed by atoms with Gasteiger partial charge in [0.15, 0.2) is 0 Å². The Kier molecular flexibility index (Phi) is 6.14. The van der Waals surface area contributed by atoms with Gasteiger partial charge in [0.05, 0.1) is 10.7 Å². The van der Waals surface area contributed by atoms with Crippen LogP contribution in [0, 0.1) is 0 Å². The number of aromatic nitrogens is 1. The van der Waals surface area contributed by atoms with Crippen LogP contribution in [0.1, 0.15) is 33.0 Å². The van der Waals surface area contributed by atoms with Gasteiger partial charge in [-0.3, -0.25) is 9.69 Å². The summed E-state index contributed by atoms with van der Waals surface area (Å²) in [5.41, 5.74) is 3.22. The normalized spacial score (nSPS) is 15.4. The number of benzene rings is 2. The monoisotopic (exact) mass is 391 g/mol. The van der Waals surface area contributed by atoms with Crippen molar-refractivity contribution in [3.8, 4) is 0 Å². The predicted molar refractivity (Wildman–Crippen MR) is 114 cm³/mol. The van der Waals surface area contributed by atoms with Crippen LogP contribution in [0.25, 0.3) is 0 Å². The smallest absolute Gasteiger partial charge is 0.253 e. The van der Waals surface area contributed by atoms with E-state index in [4.69, 9.17) is 4.98 Å². The van der Waals surface area contributed by atoms with Gasteiger partial charge in [-0.05, 0) is 24.1 Å². The Labute approximate surface area is 170 Å². The second-order valence-corrected chi connectivity index (χ2v) is 8.13. The molecule has 0 aliphatic carbocycles. The Morgan fingerprint density at radius 3 is 2.46 bits per heavy atom. The number of hydrogen-bond acceptors (Lipinski definition) is 4. The standard InChI is InChI=1S/C23H25N3OS/c27-23(20-10-5-2-6-11-20)26-13-7-12-25(14-15-26)17-21-18-28-22(24-21)16-19-8-3-1-4-9-19/h1-6,8-11,18H,7,12-17H2. The van der Waals surface area contributed by atoms with Crippen molar-refractivity contribution in [2.75, 3.05) is 26.2 Å². The summed E-state index contributed by atoms with van der Waals surface area (Å²) in [6, 6.07) is 20.1. The summed E-state index contributed by atoms with van der Waals surface area (Å²) in [4.78, 5) is 21.9. The average Bonchev–Trinajstić information content (AvgIpc) is 3.04. The maximum atomic E-state index is 12.7. The molecule has 4 rings (SSSR count). The van der Waals surface area contributed by atoms with Crippen molar-refractivity contribution in [2.24, 2.45) is 0 Å². The molecule has 28 heavy (non-hydrogen) atoms. The number of carbonyl (C=O) groups excluding carboxylic acids is 1. The van der Waals surface area contributed by atoms with Crippen LogP contribution in [0.4, 0.5) is 0 Å². The molecule has 0 radical (unpaired) electrons. The number of rotatable bonds is 5. The second kappa shape index (κ2) is 9.13. The number of thiazole rings is 1. The molecule has 1 amide bonds. The molecule has 3 aromatic rings. The van der Waals surface area contributed by atoms with Crippen molar-refractivity contribution in [1.82, 2.24) is 14.8 Å². The highest BCUT2D eigenvalue weighted by Gasteiger charge is 2.20. The fraction of sp³-hybridized carbons (Fsp3) is 0.304. The summed E-state index contributed by atoms with van der Waals surface area (Å²) in [6.45, 7) is 4.35. The van der Waals surface area contributed by atoms with E-state index < -0.39 is 0 Å². The largest absolute Gasteiger partial charge is 0.337 e. The first kappa shape index (κ1) is 18.8. The first-order valence-electron chi connectivity index (χ1n) is 9.82. The molecule has 1 aliphatic rings. The minimum Gasteiger partial charge on any atom is -0.337 e. The van der Waals surface area contributed by atoms with Gasteiger partial charge in [0.25, 0.3) is 5.91 Å². The van der Waals surface area contributed by atoms with Crippen LogP contribution in [-0.2, 0) is 13.0 Å². The third-order valence-corrected chi connectivity index (χ3v) is 5.98. The van der Waals surface area contributed by atoms with E-state index in [9.17, 15) is 4.79 Å². The van der Waals surface area contributed by atoms with Crippen LogP contribution < -0.4 is 0 Å². The third-order valence-electron chi connectivity index (χ3n) is 5.08. The van der Waals surface area contributed by atoms with Gasteiger partial charge in [-0.1, -0.05) is 48.5 Å². The SMILES string of the molecule is O=C(c1ccccc1)N1CCCN(Cc2csc(Cc3ccccc3)n2)CC1. The molecule has 2 heterocycles. The summed E-state index contributed by atoms with van der Waals surface area (Å²) in [6.07, 6.45) is 1.89. The first-order chi connectivity index (χ1) is 13.8. The van der Waals surface area contributed by atoms with Crippen LogP contribution in [0.2, 0.25) is 0 Å². The van der Waals surface area contributed by atoms with Gasteiger partial charge < -0.3 is 4.90 Å². The summed E-state index contributed by atoms with van der Waals surface area (Å²) in [7, 11) is 0. The van der Waals surface area contributed by atoms with Crippen molar-refractivity contribution in [3.05, 3.63) is 87.9 Å². The molecule has 0 N–H and O–H groups in total. The van der Waals surface area contributed by atoms with Crippen LogP contribution in [0.3, 0.4) is 0 Å². The fourth-order valence-electron chi connectivity index (χ4n) is 3.60. The fourth-order valence-corrected chi connectivity index (χ4v) is 4.42. The molecule has 0 spiro atoms. The molecule has 1 aromatic heterocycles. The van der Waals surface area contributed by atoms with Crippen molar-refractivity contribution in [1.29, 1.82) is 0 Å². The molecule has 5 heteroatoms. The molecule has 1 saturated heterocycles. The molecule has 144 valence electrons. The lowest BCUT2D eigenvalue weighted by Gasteiger charge is -2.21. The van der Waals surface area contributed by atoms with E-state index >= 15 is 0 Å². The van der Waals surface area contributed by atoms with E-state index in [1.165, 1.54) is 5.56 Å². The quantitative estimate of drug-likeness (QED) is 0.657. The van der Waals surface area contributed by atoms with Crippen molar-refractivity contribution >= 4 is 17.2 Å².